The van der Waals surface area contributed by atoms with E-state index in [-0.39, 0.29) is 0 Å². The number of aryl methyl sites for hydroxylation is 2. The Labute approximate surface area is 104 Å². The van der Waals surface area contributed by atoms with E-state index in [1.807, 2.05) is 0 Å². The van der Waals surface area contributed by atoms with Crippen molar-refractivity contribution in [1.29, 1.82) is 0 Å². The van der Waals surface area contributed by atoms with Gasteiger partial charge in [0.1, 0.15) is 0 Å². The third-order valence-electron chi connectivity index (χ3n) is 4.41. The van der Waals surface area contributed by atoms with E-state index in [1.54, 1.807) is 0 Å². The van der Waals surface area contributed by atoms with Crippen LogP contribution in [-0.2, 0) is 0 Å². The predicted molar refractivity (Wildman–Crippen MR) is 72.7 cm³/mol. The predicted octanol–water partition coefficient (Wildman–Crippen LogP) is 2.49. The first-order valence-corrected chi connectivity index (χ1v) is 6.72. The van der Waals surface area contributed by atoms with E-state index in [2.05, 4.69) is 42.3 Å². The minimum Gasteiger partial charge on any atom is -0.370 e. The maximum Gasteiger partial charge on any atom is 0.0396 e. The fraction of sp³-hybridized carbons (Fsp3) is 0.600. The third kappa shape index (κ3) is 1.95. The van der Waals surface area contributed by atoms with Gasteiger partial charge in [0.15, 0.2) is 0 Å². The lowest BCUT2D eigenvalue weighted by Gasteiger charge is -2.54. The molecule has 3 rings (SSSR count). The highest BCUT2D eigenvalue weighted by molar-refractivity contribution is 5.56. The highest BCUT2D eigenvalue weighted by atomic mass is 15.2. The fourth-order valence-corrected chi connectivity index (χ4v) is 3.37. The summed E-state index contributed by atoms with van der Waals surface area (Å²) in [7, 11) is 0. The molecule has 1 N–H and O–H groups in total. The molecular weight excluding hydrogens is 208 g/mol. The Morgan fingerprint density at radius 1 is 1.12 bits per heavy atom. The number of hydrogen-bond acceptors (Lipinski definition) is 2. The second-order valence-electron chi connectivity index (χ2n) is 5.90. The summed E-state index contributed by atoms with van der Waals surface area (Å²) >= 11 is 0. The molecule has 17 heavy (non-hydrogen) atoms. The second kappa shape index (κ2) is 4.02. The summed E-state index contributed by atoms with van der Waals surface area (Å²) in [4.78, 5) is 2.56. The molecule has 2 aliphatic heterocycles. The number of anilines is 1. The van der Waals surface area contributed by atoms with Crippen molar-refractivity contribution in [2.75, 3.05) is 31.1 Å². The maximum absolute atomic E-state index is 3.46. The molecule has 0 aromatic heterocycles. The van der Waals surface area contributed by atoms with Crippen LogP contribution in [0.5, 0.6) is 0 Å². The monoisotopic (exact) mass is 230 g/mol. The van der Waals surface area contributed by atoms with Crippen LogP contribution in [0.1, 0.15) is 24.0 Å². The van der Waals surface area contributed by atoms with Crippen molar-refractivity contribution < 1.29 is 0 Å². The largest absolute Gasteiger partial charge is 0.370 e. The van der Waals surface area contributed by atoms with E-state index in [0.717, 1.165) is 0 Å². The first-order valence-electron chi connectivity index (χ1n) is 6.72. The van der Waals surface area contributed by atoms with E-state index in [0.29, 0.717) is 5.41 Å². The molecule has 92 valence electrons. The van der Waals surface area contributed by atoms with E-state index in [1.165, 1.54) is 55.8 Å². The van der Waals surface area contributed by atoms with Crippen LogP contribution in [0.3, 0.4) is 0 Å². The van der Waals surface area contributed by atoms with E-state index in [9.17, 15) is 0 Å². The van der Waals surface area contributed by atoms with Gasteiger partial charge >= 0.3 is 0 Å². The van der Waals surface area contributed by atoms with Gasteiger partial charge in [-0.3, -0.25) is 0 Å². The molecular formula is C15H22N2. The van der Waals surface area contributed by atoms with Crippen LogP contribution < -0.4 is 10.2 Å². The van der Waals surface area contributed by atoms with Crippen LogP contribution >= 0.6 is 0 Å². The van der Waals surface area contributed by atoms with Gasteiger partial charge in [0.05, 0.1) is 0 Å². The molecule has 0 atom stereocenters. The number of benzene rings is 1. The van der Waals surface area contributed by atoms with Gasteiger partial charge < -0.3 is 10.2 Å². The molecule has 2 heteroatoms. The van der Waals surface area contributed by atoms with Gasteiger partial charge in [-0.05, 0) is 51.4 Å². The molecule has 2 fully saturated rings. The normalized spacial score (nSPS) is 22.6. The SMILES string of the molecule is Cc1ccc(N2CC3(CCNCC3)C2)c(C)c1. The Balaban J connectivity index is 1.72. The number of nitrogens with one attached hydrogen (secondary N) is 1. The van der Waals surface area contributed by atoms with Crippen LogP contribution in [0.25, 0.3) is 0 Å². The zero-order valence-corrected chi connectivity index (χ0v) is 10.9. The summed E-state index contributed by atoms with van der Waals surface area (Å²) in [5.74, 6) is 0. The summed E-state index contributed by atoms with van der Waals surface area (Å²) < 4.78 is 0. The molecule has 0 saturated carbocycles. The Bertz CT molecular complexity index is 411. The molecule has 0 bridgehead atoms. The Morgan fingerprint density at radius 2 is 1.82 bits per heavy atom. The standard InChI is InChI=1S/C15H22N2/c1-12-3-4-14(13(2)9-12)17-10-15(11-17)5-7-16-8-6-15/h3-4,9,16H,5-8,10-11H2,1-2H3. The third-order valence-corrected chi connectivity index (χ3v) is 4.41. The van der Waals surface area contributed by atoms with E-state index in [4.69, 9.17) is 0 Å². The minimum absolute atomic E-state index is 0.628. The minimum atomic E-state index is 0.628. The van der Waals surface area contributed by atoms with Crippen LogP contribution in [0, 0.1) is 19.3 Å². The first kappa shape index (κ1) is 11.1. The zero-order chi connectivity index (χ0) is 11.9. The van der Waals surface area contributed by atoms with Crippen molar-refractivity contribution in [3.63, 3.8) is 0 Å². The van der Waals surface area contributed by atoms with Gasteiger partial charge in [-0.25, -0.2) is 0 Å². The van der Waals surface area contributed by atoms with E-state index >= 15 is 0 Å². The van der Waals surface area contributed by atoms with Crippen molar-refractivity contribution in [3.8, 4) is 0 Å². The molecule has 0 radical (unpaired) electrons. The summed E-state index contributed by atoms with van der Waals surface area (Å²) in [6.45, 7) is 9.34. The molecule has 1 aromatic rings. The van der Waals surface area contributed by atoms with Crippen molar-refractivity contribution >= 4 is 5.69 Å². The van der Waals surface area contributed by atoms with Crippen molar-refractivity contribution in [3.05, 3.63) is 29.3 Å². The first-order chi connectivity index (χ1) is 8.19. The molecule has 0 amide bonds. The topological polar surface area (TPSA) is 15.3 Å². The smallest absolute Gasteiger partial charge is 0.0396 e. The summed E-state index contributed by atoms with van der Waals surface area (Å²) in [5, 5.41) is 3.46. The van der Waals surface area contributed by atoms with Crippen molar-refractivity contribution in [2.24, 2.45) is 5.41 Å². The summed E-state index contributed by atoms with van der Waals surface area (Å²) in [6, 6.07) is 6.82. The van der Waals surface area contributed by atoms with Crippen LogP contribution in [0.15, 0.2) is 18.2 Å². The van der Waals surface area contributed by atoms with Crippen LogP contribution in [-0.4, -0.2) is 26.2 Å². The molecule has 1 spiro atoms. The molecule has 2 saturated heterocycles. The van der Waals surface area contributed by atoms with Crippen molar-refractivity contribution in [1.82, 2.24) is 5.32 Å². The van der Waals surface area contributed by atoms with Gasteiger partial charge in [0.2, 0.25) is 0 Å². The number of rotatable bonds is 1. The second-order valence-corrected chi connectivity index (χ2v) is 5.90. The average Bonchev–Trinajstić information content (AvgIpc) is 2.27. The van der Waals surface area contributed by atoms with Gasteiger partial charge in [0, 0.05) is 24.2 Å². The van der Waals surface area contributed by atoms with Crippen LogP contribution in [0.4, 0.5) is 5.69 Å². The highest BCUT2D eigenvalue weighted by Crippen LogP contribution is 2.41. The van der Waals surface area contributed by atoms with Gasteiger partial charge in [0.25, 0.3) is 0 Å². The maximum atomic E-state index is 3.46. The highest BCUT2D eigenvalue weighted by Gasteiger charge is 2.43. The average molecular weight is 230 g/mol. The Morgan fingerprint density at radius 3 is 2.47 bits per heavy atom. The van der Waals surface area contributed by atoms with Gasteiger partial charge in [-0.2, -0.15) is 0 Å². The molecule has 0 aliphatic carbocycles. The number of hydrogen-bond donors (Lipinski definition) is 1. The Kier molecular flexibility index (Phi) is 2.62. The lowest BCUT2D eigenvalue weighted by atomic mass is 9.72. The lowest BCUT2D eigenvalue weighted by Crippen LogP contribution is -2.60. The van der Waals surface area contributed by atoms with Gasteiger partial charge in [-0.1, -0.05) is 17.7 Å². The Hall–Kier alpha value is -1.02. The van der Waals surface area contributed by atoms with Gasteiger partial charge in [-0.15, -0.1) is 0 Å². The molecule has 1 aromatic carbocycles. The fourth-order valence-electron chi connectivity index (χ4n) is 3.37. The molecule has 2 nitrogen and oxygen atoms in total. The summed E-state index contributed by atoms with van der Waals surface area (Å²) in [6.07, 6.45) is 2.71. The van der Waals surface area contributed by atoms with Crippen molar-refractivity contribution in [2.45, 2.75) is 26.7 Å². The molecule has 0 unspecified atom stereocenters. The van der Waals surface area contributed by atoms with Crippen LogP contribution in [0.2, 0.25) is 0 Å². The quantitative estimate of drug-likeness (QED) is 0.797. The number of nitrogens with zero attached hydrogens (tertiary/aromatic N) is 1. The summed E-state index contributed by atoms with van der Waals surface area (Å²) in [5.41, 5.74) is 4.86. The number of piperidine rings is 1. The zero-order valence-electron chi connectivity index (χ0n) is 10.9. The lowest BCUT2D eigenvalue weighted by molar-refractivity contribution is 0.150. The van der Waals surface area contributed by atoms with E-state index < -0.39 is 0 Å². The molecule has 2 aliphatic rings. The molecule has 2 heterocycles.